The number of aromatic nitrogens is 4. The Morgan fingerprint density at radius 3 is 1.68 bits per heavy atom. The zero-order valence-corrected chi connectivity index (χ0v) is 31.5. The van der Waals surface area contributed by atoms with Gasteiger partial charge in [-0.2, -0.15) is 23.4 Å². The first-order valence-corrected chi connectivity index (χ1v) is 17.9. The number of alkyl halides is 3. The van der Waals surface area contributed by atoms with Crippen LogP contribution in [-0.4, -0.2) is 47.9 Å². The van der Waals surface area contributed by atoms with Gasteiger partial charge in [0.2, 0.25) is 0 Å². The Kier molecular flexibility index (Phi) is 12.8. The van der Waals surface area contributed by atoms with Crippen molar-refractivity contribution in [1.82, 2.24) is 20.4 Å². The molecule has 0 aliphatic heterocycles. The predicted octanol–water partition coefficient (Wildman–Crippen LogP) is 10.8. The van der Waals surface area contributed by atoms with E-state index < -0.39 is 11.9 Å². The largest absolute Gasteiger partial charge is 0.508 e. The van der Waals surface area contributed by atoms with Crippen molar-refractivity contribution < 1.29 is 38.3 Å². The molecule has 2 heterocycles. The first-order valence-electron chi connectivity index (χ1n) is 17.9. The number of H-pyrrole nitrogens is 2. The molecule has 0 saturated heterocycles. The molecule has 12 heteroatoms. The van der Waals surface area contributed by atoms with Crippen LogP contribution in [0.1, 0.15) is 48.8 Å². The number of aryl methyl sites for hydroxylation is 2. The van der Waals surface area contributed by atoms with Crippen molar-refractivity contribution in [3.63, 3.8) is 0 Å². The molecule has 0 saturated carbocycles. The fourth-order valence-corrected chi connectivity index (χ4v) is 6.23. The number of methoxy groups -OCH3 is 1. The summed E-state index contributed by atoms with van der Waals surface area (Å²) >= 11 is 0. The number of ether oxygens (including phenoxy) is 1. The molecule has 0 unspecified atom stereocenters. The van der Waals surface area contributed by atoms with E-state index in [4.69, 9.17) is 4.74 Å². The van der Waals surface area contributed by atoms with Gasteiger partial charge in [-0.3, -0.25) is 10.2 Å². The van der Waals surface area contributed by atoms with E-state index in [1.807, 2.05) is 80.5 Å². The van der Waals surface area contributed by atoms with Crippen molar-refractivity contribution in [2.75, 3.05) is 7.11 Å². The molecule has 0 atom stereocenters. The Morgan fingerprint density at radius 2 is 1.12 bits per heavy atom. The van der Waals surface area contributed by atoms with E-state index in [9.17, 15) is 33.6 Å². The number of phenols is 4. The van der Waals surface area contributed by atoms with Crippen molar-refractivity contribution in [2.24, 2.45) is 0 Å². The zero-order valence-electron chi connectivity index (χ0n) is 31.5. The summed E-state index contributed by atoms with van der Waals surface area (Å²) in [7, 11) is 1.63. The van der Waals surface area contributed by atoms with Crippen molar-refractivity contribution in [2.45, 2.75) is 46.7 Å². The molecular weight excluding hydrogens is 722 g/mol. The standard InChI is InChI=1S/C24H22N2O3.C18H15F3N2O2.C2H6/c1-15-23(17-8-10-19(29-2)11-9-17)24(26-25-15)20-13-18(21(27)14-22(20)28)12-16-6-4-3-5-7-16;1-2-10-8-12(14(25)9-13(10)24)16-15(11-6-4-3-5-7-11)17(23-22-16)18(19,20)21;1-2/h3-11,13-14,27-28H,12H2,1-2H3,(H,25,26);3-9,24-25H,2H2,1H3,(H,22,23);1-2H3. The van der Waals surface area contributed by atoms with Gasteiger partial charge in [-0.05, 0) is 65.4 Å². The minimum absolute atomic E-state index is 0.0134. The second kappa shape index (κ2) is 17.6. The van der Waals surface area contributed by atoms with Crippen LogP contribution in [0, 0.1) is 6.92 Å². The second-order valence-electron chi connectivity index (χ2n) is 12.5. The summed E-state index contributed by atoms with van der Waals surface area (Å²) < 4.78 is 45.4. The van der Waals surface area contributed by atoms with Crippen LogP contribution >= 0.6 is 0 Å². The summed E-state index contributed by atoms with van der Waals surface area (Å²) in [4.78, 5) is 0. The molecule has 0 spiro atoms. The van der Waals surface area contributed by atoms with Crippen molar-refractivity contribution in [1.29, 1.82) is 0 Å². The van der Waals surface area contributed by atoms with Gasteiger partial charge in [0.25, 0.3) is 0 Å². The van der Waals surface area contributed by atoms with Crippen LogP contribution in [0.5, 0.6) is 28.7 Å². The normalized spacial score (nSPS) is 10.9. The first-order chi connectivity index (χ1) is 26.9. The number of phenolic OH excluding ortho intramolecular Hbond substituents is 4. The molecule has 0 aliphatic carbocycles. The lowest BCUT2D eigenvalue weighted by Gasteiger charge is -2.11. The highest BCUT2D eigenvalue weighted by Crippen LogP contribution is 2.45. The van der Waals surface area contributed by atoms with Crippen LogP contribution < -0.4 is 4.74 Å². The van der Waals surface area contributed by atoms with E-state index in [1.54, 1.807) is 50.4 Å². The van der Waals surface area contributed by atoms with Crippen molar-refractivity contribution in [3.8, 4) is 73.5 Å². The van der Waals surface area contributed by atoms with Gasteiger partial charge < -0.3 is 25.2 Å². The summed E-state index contributed by atoms with van der Waals surface area (Å²) in [6.07, 6.45) is -3.62. The van der Waals surface area contributed by atoms with Crippen LogP contribution in [0.3, 0.4) is 0 Å². The van der Waals surface area contributed by atoms with Gasteiger partial charge in [-0.25, -0.2) is 0 Å². The Morgan fingerprint density at radius 1 is 0.625 bits per heavy atom. The maximum Gasteiger partial charge on any atom is 0.433 e. The highest BCUT2D eigenvalue weighted by Gasteiger charge is 2.38. The van der Waals surface area contributed by atoms with Gasteiger partial charge in [0, 0.05) is 46.5 Å². The second-order valence-corrected chi connectivity index (χ2v) is 12.5. The summed E-state index contributed by atoms with van der Waals surface area (Å²) in [5.74, 6) is 0.367. The average molecular weight is 765 g/mol. The number of aromatic hydroxyl groups is 4. The lowest BCUT2D eigenvalue weighted by molar-refractivity contribution is -0.140. The van der Waals surface area contributed by atoms with Gasteiger partial charge in [-0.1, -0.05) is 93.6 Å². The van der Waals surface area contributed by atoms with E-state index in [1.165, 1.54) is 12.1 Å². The highest BCUT2D eigenvalue weighted by molar-refractivity contribution is 5.87. The molecule has 0 radical (unpaired) electrons. The number of nitrogens with one attached hydrogen (secondary N) is 2. The van der Waals surface area contributed by atoms with Gasteiger partial charge in [0.05, 0.1) is 7.11 Å². The van der Waals surface area contributed by atoms with E-state index >= 15 is 0 Å². The van der Waals surface area contributed by atoms with Crippen molar-refractivity contribution in [3.05, 3.63) is 137 Å². The Labute approximate surface area is 322 Å². The van der Waals surface area contributed by atoms with Crippen molar-refractivity contribution >= 4 is 0 Å². The zero-order chi connectivity index (χ0) is 40.6. The SMILES string of the molecule is CC.CCc1cc(-c2n[nH]c(C(F)(F)F)c2-c2ccccc2)c(O)cc1O.COc1ccc(-c2c(-c3cc(Cc4ccccc4)c(O)cc3O)n[nH]c2C)cc1. The molecule has 7 rings (SSSR count). The van der Waals surface area contributed by atoms with E-state index in [0.29, 0.717) is 35.2 Å². The van der Waals surface area contributed by atoms with E-state index in [0.717, 1.165) is 39.8 Å². The third-order valence-corrected chi connectivity index (χ3v) is 8.96. The smallest absolute Gasteiger partial charge is 0.433 e. The number of rotatable bonds is 8. The third-order valence-electron chi connectivity index (χ3n) is 8.96. The Bertz CT molecular complexity index is 2370. The lowest BCUT2D eigenvalue weighted by Crippen LogP contribution is -2.07. The highest BCUT2D eigenvalue weighted by atomic mass is 19.4. The number of hydrogen-bond acceptors (Lipinski definition) is 7. The van der Waals surface area contributed by atoms with E-state index in [-0.39, 0.29) is 39.8 Å². The maximum atomic E-state index is 13.4. The van der Waals surface area contributed by atoms with Gasteiger partial charge >= 0.3 is 6.18 Å². The number of hydrogen-bond donors (Lipinski definition) is 6. The van der Waals surface area contributed by atoms with Crippen LogP contribution in [0.2, 0.25) is 0 Å². The molecule has 6 N–H and O–H groups in total. The predicted molar refractivity (Wildman–Crippen MR) is 212 cm³/mol. The molecule has 7 aromatic rings. The van der Waals surface area contributed by atoms with Crippen LogP contribution in [0.25, 0.3) is 44.8 Å². The Hall–Kier alpha value is -6.69. The lowest BCUT2D eigenvalue weighted by atomic mass is 9.95. The number of halogens is 3. The molecule has 2 aromatic heterocycles. The quantitative estimate of drug-likeness (QED) is 0.0902. The molecule has 9 nitrogen and oxygen atoms in total. The number of nitrogens with zero attached hydrogens (tertiary/aromatic N) is 2. The summed E-state index contributed by atoms with van der Waals surface area (Å²) in [6.45, 7) is 7.73. The van der Waals surface area contributed by atoms with Crippen LogP contribution in [0.15, 0.2) is 109 Å². The molecular formula is C44H43F3N4O5. The van der Waals surface area contributed by atoms with E-state index in [2.05, 4.69) is 15.3 Å². The molecule has 0 aliphatic rings. The maximum absolute atomic E-state index is 13.4. The van der Waals surface area contributed by atoms with Gasteiger partial charge in [0.1, 0.15) is 45.8 Å². The molecule has 290 valence electrons. The summed E-state index contributed by atoms with van der Waals surface area (Å²) in [5, 5.41) is 54.2. The molecule has 56 heavy (non-hydrogen) atoms. The Balaban J connectivity index is 0.000000207. The monoisotopic (exact) mass is 764 g/mol. The molecule has 0 bridgehead atoms. The minimum Gasteiger partial charge on any atom is -0.508 e. The molecule has 0 fully saturated rings. The molecule has 5 aromatic carbocycles. The fraction of sp³-hybridized carbons (Fsp3) is 0.182. The fourth-order valence-electron chi connectivity index (χ4n) is 6.23. The van der Waals surface area contributed by atoms with Crippen LogP contribution in [0.4, 0.5) is 13.2 Å². The molecule has 0 amide bonds. The number of aromatic amines is 2. The van der Waals surface area contributed by atoms with Gasteiger partial charge in [0.15, 0.2) is 0 Å². The van der Waals surface area contributed by atoms with Gasteiger partial charge in [-0.15, -0.1) is 0 Å². The first kappa shape index (κ1) is 40.5. The average Bonchev–Trinajstić information content (AvgIpc) is 3.82. The summed E-state index contributed by atoms with van der Waals surface area (Å²) in [5.41, 5.74) is 5.57. The number of benzene rings is 5. The minimum atomic E-state index is -4.63. The summed E-state index contributed by atoms with van der Waals surface area (Å²) in [6, 6.07) is 31.4. The third kappa shape index (κ3) is 8.81. The topological polar surface area (TPSA) is 148 Å². The van der Waals surface area contributed by atoms with Crippen LogP contribution in [-0.2, 0) is 19.0 Å².